The number of aromatic nitrogens is 1. The number of rotatable bonds is 6. The van der Waals surface area contributed by atoms with Gasteiger partial charge in [0.05, 0.1) is 0 Å². The summed E-state index contributed by atoms with van der Waals surface area (Å²) in [6.07, 6.45) is 1.41. The zero-order chi connectivity index (χ0) is 22.5. The lowest BCUT2D eigenvalue weighted by Crippen LogP contribution is -2.46. The van der Waals surface area contributed by atoms with Gasteiger partial charge in [-0.2, -0.15) is 0 Å². The Morgan fingerprint density at radius 3 is 2.56 bits per heavy atom. The smallest absolute Gasteiger partial charge is 0.410 e. The van der Waals surface area contributed by atoms with E-state index in [1.54, 1.807) is 36.4 Å². The molecule has 7 heteroatoms. The molecule has 0 spiro atoms. The quantitative estimate of drug-likeness (QED) is 0.366. The minimum atomic E-state index is -0.870. The lowest BCUT2D eigenvalue weighted by atomic mass is 10.0. The van der Waals surface area contributed by atoms with Crippen molar-refractivity contribution in [3.63, 3.8) is 0 Å². The molecular weight excluding hydrogens is 426 g/mol. The fourth-order valence-electron chi connectivity index (χ4n) is 3.40. The molecule has 4 aromatic rings. The standard InChI is InChI=1S/C25H22ClN3O3/c1-16-11-12-18(14-21(16)26)28-24(30)23(29-25(31)32-19-7-3-2-4-8-19)13-17-15-27-22-10-6-5-9-20(17)22/h2-12,14-15,23,27H,13H2,1H3,(H,28,30)(H,29,31)/t23-/m0/s1. The first-order valence-corrected chi connectivity index (χ1v) is 10.5. The van der Waals surface area contributed by atoms with E-state index in [9.17, 15) is 9.59 Å². The Morgan fingerprint density at radius 2 is 1.78 bits per heavy atom. The first-order chi connectivity index (χ1) is 15.5. The molecule has 0 fully saturated rings. The van der Waals surface area contributed by atoms with Crippen molar-refractivity contribution in [2.75, 3.05) is 5.32 Å². The molecular formula is C25H22ClN3O3. The summed E-state index contributed by atoms with van der Waals surface area (Å²) in [4.78, 5) is 28.8. The summed E-state index contributed by atoms with van der Waals surface area (Å²) in [6, 6.07) is 20.9. The number of anilines is 1. The summed E-state index contributed by atoms with van der Waals surface area (Å²) in [6.45, 7) is 1.88. The van der Waals surface area contributed by atoms with Crippen LogP contribution in [0.3, 0.4) is 0 Å². The van der Waals surface area contributed by atoms with E-state index in [1.807, 2.05) is 49.5 Å². The van der Waals surface area contributed by atoms with Crippen molar-refractivity contribution in [3.05, 3.63) is 95.1 Å². The molecule has 0 aliphatic carbocycles. The number of carbonyl (C=O) groups is 2. The van der Waals surface area contributed by atoms with Gasteiger partial charge in [-0.05, 0) is 48.4 Å². The number of nitrogens with one attached hydrogen (secondary N) is 3. The second kappa shape index (κ2) is 9.58. The van der Waals surface area contributed by atoms with Crippen molar-refractivity contribution in [1.29, 1.82) is 0 Å². The van der Waals surface area contributed by atoms with Gasteiger partial charge >= 0.3 is 6.09 Å². The third-order valence-electron chi connectivity index (χ3n) is 5.10. The molecule has 1 aromatic heterocycles. The molecule has 0 unspecified atom stereocenters. The maximum absolute atomic E-state index is 13.1. The van der Waals surface area contributed by atoms with E-state index in [4.69, 9.17) is 16.3 Å². The Balaban J connectivity index is 1.55. The van der Waals surface area contributed by atoms with Gasteiger partial charge in [0.2, 0.25) is 5.91 Å². The van der Waals surface area contributed by atoms with Crippen molar-refractivity contribution in [1.82, 2.24) is 10.3 Å². The van der Waals surface area contributed by atoms with Gasteiger partial charge in [-0.1, -0.05) is 54.1 Å². The van der Waals surface area contributed by atoms with Gasteiger partial charge in [-0.15, -0.1) is 0 Å². The summed E-state index contributed by atoms with van der Waals surface area (Å²) in [5.41, 5.74) is 3.32. The lowest BCUT2D eigenvalue weighted by molar-refractivity contribution is -0.118. The maximum Gasteiger partial charge on any atom is 0.413 e. The third-order valence-corrected chi connectivity index (χ3v) is 5.51. The Labute approximate surface area is 190 Å². The molecule has 2 amide bonds. The Kier molecular flexibility index (Phi) is 6.42. The van der Waals surface area contributed by atoms with Gasteiger partial charge in [0.25, 0.3) is 0 Å². The molecule has 32 heavy (non-hydrogen) atoms. The van der Waals surface area contributed by atoms with Crippen molar-refractivity contribution >= 4 is 40.2 Å². The molecule has 1 atom stereocenters. The molecule has 3 N–H and O–H groups in total. The Bertz CT molecular complexity index is 1250. The lowest BCUT2D eigenvalue weighted by Gasteiger charge is -2.18. The average Bonchev–Trinajstić information content (AvgIpc) is 3.19. The van der Waals surface area contributed by atoms with Gasteiger partial charge in [0.15, 0.2) is 0 Å². The fourth-order valence-corrected chi connectivity index (χ4v) is 3.58. The van der Waals surface area contributed by atoms with Crippen LogP contribution in [0, 0.1) is 6.92 Å². The van der Waals surface area contributed by atoms with Crippen LogP contribution in [0.2, 0.25) is 5.02 Å². The van der Waals surface area contributed by atoms with E-state index < -0.39 is 12.1 Å². The summed E-state index contributed by atoms with van der Waals surface area (Å²) >= 11 is 6.19. The molecule has 6 nitrogen and oxygen atoms in total. The molecule has 0 aliphatic heterocycles. The summed E-state index contributed by atoms with van der Waals surface area (Å²) in [7, 11) is 0. The minimum absolute atomic E-state index is 0.277. The number of amides is 2. The molecule has 1 heterocycles. The number of benzene rings is 3. The van der Waals surface area contributed by atoms with Crippen LogP contribution in [0.15, 0.2) is 79.0 Å². The van der Waals surface area contributed by atoms with Crippen LogP contribution in [0.4, 0.5) is 10.5 Å². The second-order valence-corrected chi connectivity index (χ2v) is 7.82. The number of para-hydroxylation sites is 2. The first-order valence-electron chi connectivity index (χ1n) is 10.1. The number of H-pyrrole nitrogens is 1. The van der Waals surface area contributed by atoms with Crippen LogP contribution in [-0.2, 0) is 11.2 Å². The highest BCUT2D eigenvalue weighted by atomic mass is 35.5. The van der Waals surface area contributed by atoms with E-state index in [-0.39, 0.29) is 12.3 Å². The van der Waals surface area contributed by atoms with Crippen LogP contribution >= 0.6 is 11.6 Å². The zero-order valence-corrected chi connectivity index (χ0v) is 18.1. The predicted molar refractivity (Wildman–Crippen MR) is 126 cm³/mol. The monoisotopic (exact) mass is 447 g/mol. The van der Waals surface area contributed by atoms with Gasteiger partial charge in [-0.3, -0.25) is 4.79 Å². The van der Waals surface area contributed by atoms with Crippen LogP contribution in [0.25, 0.3) is 10.9 Å². The number of aryl methyl sites for hydroxylation is 1. The number of hydrogen-bond donors (Lipinski definition) is 3. The summed E-state index contributed by atoms with van der Waals surface area (Å²) in [5.74, 6) is 0.0155. The predicted octanol–water partition coefficient (Wildman–Crippen LogP) is 5.47. The van der Waals surface area contributed by atoms with Crippen LogP contribution in [0.1, 0.15) is 11.1 Å². The van der Waals surface area contributed by atoms with Crippen molar-refractivity contribution < 1.29 is 14.3 Å². The van der Waals surface area contributed by atoms with Gasteiger partial charge in [-0.25, -0.2) is 4.79 Å². The Hall–Kier alpha value is -3.77. The highest BCUT2D eigenvalue weighted by Gasteiger charge is 2.24. The maximum atomic E-state index is 13.1. The number of fused-ring (bicyclic) bond motifs is 1. The topological polar surface area (TPSA) is 83.2 Å². The molecule has 0 aliphatic rings. The minimum Gasteiger partial charge on any atom is -0.410 e. The fraction of sp³-hybridized carbons (Fsp3) is 0.120. The van der Waals surface area contributed by atoms with E-state index in [0.29, 0.717) is 16.5 Å². The summed E-state index contributed by atoms with van der Waals surface area (Å²) in [5, 5.41) is 7.07. The van der Waals surface area contributed by atoms with E-state index in [0.717, 1.165) is 22.0 Å². The second-order valence-electron chi connectivity index (χ2n) is 7.42. The average molecular weight is 448 g/mol. The molecule has 0 saturated heterocycles. The van der Waals surface area contributed by atoms with Gasteiger partial charge < -0.3 is 20.4 Å². The molecule has 0 radical (unpaired) electrons. The first kappa shape index (κ1) is 21.5. The highest BCUT2D eigenvalue weighted by Crippen LogP contribution is 2.22. The van der Waals surface area contributed by atoms with Crippen LogP contribution < -0.4 is 15.4 Å². The SMILES string of the molecule is Cc1ccc(NC(=O)[C@H](Cc2c[nH]c3ccccc23)NC(=O)Oc2ccccc2)cc1Cl. The molecule has 4 rings (SSSR count). The normalized spacial score (nSPS) is 11.7. The molecule has 0 bridgehead atoms. The zero-order valence-electron chi connectivity index (χ0n) is 17.4. The molecule has 162 valence electrons. The van der Waals surface area contributed by atoms with E-state index in [1.165, 1.54) is 0 Å². The van der Waals surface area contributed by atoms with E-state index >= 15 is 0 Å². The summed E-state index contributed by atoms with van der Waals surface area (Å²) < 4.78 is 5.33. The number of hydrogen-bond acceptors (Lipinski definition) is 3. The van der Waals surface area contributed by atoms with Crippen molar-refractivity contribution in [3.8, 4) is 5.75 Å². The molecule has 0 saturated carbocycles. The van der Waals surface area contributed by atoms with Crippen molar-refractivity contribution in [2.45, 2.75) is 19.4 Å². The number of halogens is 1. The van der Waals surface area contributed by atoms with Crippen molar-refractivity contribution in [2.24, 2.45) is 0 Å². The number of aromatic amines is 1. The van der Waals surface area contributed by atoms with Gasteiger partial charge in [0, 0.05) is 34.2 Å². The van der Waals surface area contributed by atoms with Crippen LogP contribution in [-0.4, -0.2) is 23.0 Å². The largest absolute Gasteiger partial charge is 0.413 e. The highest BCUT2D eigenvalue weighted by molar-refractivity contribution is 6.31. The van der Waals surface area contributed by atoms with E-state index in [2.05, 4.69) is 15.6 Å². The third kappa shape index (κ3) is 5.10. The Morgan fingerprint density at radius 1 is 1.03 bits per heavy atom. The van der Waals surface area contributed by atoms with Crippen LogP contribution in [0.5, 0.6) is 5.75 Å². The number of carbonyl (C=O) groups excluding carboxylic acids is 2. The molecule has 3 aromatic carbocycles. The van der Waals surface area contributed by atoms with Gasteiger partial charge in [0.1, 0.15) is 11.8 Å². The number of ether oxygens (including phenoxy) is 1.